The van der Waals surface area contributed by atoms with Gasteiger partial charge in [-0.2, -0.15) is 8.42 Å². The van der Waals surface area contributed by atoms with Crippen molar-refractivity contribution in [2.75, 3.05) is 5.73 Å². The molecule has 1 aromatic heterocycles. The van der Waals surface area contributed by atoms with E-state index in [4.69, 9.17) is 5.73 Å². The number of sulfonamides is 1. The molecule has 1 unspecified atom stereocenters. The number of hydrogen-bond acceptors (Lipinski definition) is 7. The SMILES string of the molecule is Cc1cc(C)c(CN2Cc3c(O)cccc3C2(C)C(=O)NS(=O)(=O)c2cccc(N)n2)c(C)c1. The van der Waals surface area contributed by atoms with Gasteiger partial charge in [0.2, 0.25) is 0 Å². The molecule has 34 heavy (non-hydrogen) atoms. The van der Waals surface area contributed by atoms with Crippen LogP contribution in [0.2, 0.25) is 0 Å². The van der Waals surface area contributed by atoms with Gasteiger partial charge in [-0.15, -0.1) is 0 Å². The number of nitrogens with two attached hydrogens (primary N) is 1. The summed E-state index contributed by atoms with van der Waals surface area (Å²) in [5.74, 6) is -0.634. The third kappa shape index (κ3) is 4.01. The summed E-state index contributed by atoms with van der Waals surface area (Å²) in [5, 5.41) is 10.2. The van der Waals surface area contributed by atoms with E-state index < -0.39 is 21.5 Å². The number of nitrogen functional groups attached to an aromatic ring is 1. The zero-order valence-electron chi connectivity index (χ0n) is 19.6. The van der Waals surface area contributed by atoms with E-state index in [0.29, 0.717) is 17.7 Å². The van der Waals surface area contributed by atoms with Crippen molar-refractivity contribution in [3.05, 3.63) is 81.9 Å². The van der Waals surface area contributed by atoms with Gasteiger partial charge in [-0.1, -0.05) is 35.9 Å². The molecule has 178 valence electrons. The predicted molar refractivity (Wildman–Crippen MR) is 129 cm³/mol. The fourth-order valence-electron chi connectivity index (χ4n) is 4.70. The fraction of sp³-hybridized carbons (Fsp3) is 0.280. The van der Waals surface area contributed by atoms with E-state index in [-0.39, 0.29) is 23.1 Å². The van der Waals surface area contributed by atoms with Crippen LogP contribution in [0.25, 0.3) is 0 Å². The Labute approximate surface area is 199 Å². The Hall–Kier alpha value is -3.43. The highest BCUT2D eigenvalue weighted by Gasteiger charge is 2.49. The van der Waals surface area contributed by atoms with Gasteiger partial charge in [0.1, 0.15) is 17.1 Å². The molecule has 4 rings (SSSR count). The molecule has 0 fully saturated rings. The minimum atomic E-state index is -4.27. The number of aryl methyl sites for hydroxylation is 3. The fourth-order valence-corrected chi connectivity index (χ4v) is 5.73. The van der Waals surface area contributed by atoms with Gasteiger partial charge in [-0.05, 0) is 68.1 Å². The number of nitrogens with zero attached hydrogens (tertiary/aromatic N) is 2. The average Bonchev–Trinajstić information content (AvgIpc) is 3.05. The van der Waals surface area contributed by atoms with Crippen LogP contribution in [0.1, 0.15) is 40.3 Å². The molecule has 1 amide bonds. The van der Waals surface area contributed by atoms with Crippen molar-refractivity contribution in [1.82, 2.24) is 14.6 Å². The number of amides is 1. The number of carbonyl (C=O) groups is 1. The van der Waals surface area contributed by atoms with Crippen LogP contribution in [-0.4, -0.2) is 29.3 Å². The van der Waals surface area contributed by atoms with Crippen LogP contribution in [0.15, 0.2) is 53.6 Å². The highest BCUT2D eigenvalue weighted by atomic mass is 32.2. The second kappa shape index (κ2) is 8.41. The highest BCUT2D eigenvalue weighted by molar-refractivity contribution is 7.90. The maximum Gasteiger partial charge on any atom is 0.281 e. The van der Waals surface area contributed by atoms with E-state index in [0.717, 1.165) is 22.3 Å². The molecule has 0 spiro atoms. The van der Waals surface area contributed by atoms with Crippen LogP contribution in [0.5, 0.6) is 5.75 Å². The summed E-state index contributed by atoms with van der Waals surface area (Å²) in [6.07, 6.45) is 0. The molecular formula is C25H28N4O4S. The molecule has 1 aliphatic heterocycles. The van der Waals surface area contributed by atoms with Crippen molar-refractivity contribution in [2.24, 2.45) is 0 Å². The first-order valence-electron chi connectivity index (χ1n) is 10.9. The third-order valence-corrected chi connectivity index (χ3v) is 7.77. The Balaban J connectivity index is 1.76. The van der Waals surface area contributed by atoms with Crippen molar-refractivity contribution >= 4 is 21.7 Å². The lowest BCUT2D eigenvalue weighted by Gasteiger charge is -2.35. The standard InChI is InChI=1S/C25H28N4O4S/c1-15-11-16(2)18(17(3)12-15)13-29-14-19-20(7-5-8-21(19)30)25(29,4)24(31)28-34(32,33)23-10-6-9-22(26)27-23/h5-12,30H,13-14H2,1-4H3,(H2,26,27)(H,28,31). The maximum atomic E-state index is 13.7. The number of phenolic OH excluding ortho intramolecular Hbond substituents is 1. The number of hydrogen-bond donors (Lipinski definition) is 3. The van der Waals surface area contributed by atoms with Gasteiger partial charge < -0.3 is 10.8 Å². The number of rotatable bonds is 5. The van der Waals surface area contributed by atoms with Gasteiger partial charge in [0.05, 0.1) is 0 Å². The largest absolute Gasteiger partial charge is 0.508 e. The minimum Gasteiger partial charge on any atom is -0.508 e. The Bertz CT molecular complexity index is 1380. The van der Waals surface area contributed by atoms with Crippen LogP contribution in [0, 0.1) is 20.8 Å². The number of nitrogens with one attached hydrogen (secondary N) is 1. The van der Waals surface area contributed by atoms with Crippen LogP contribution in [0.4, 0.5) is 5.82 Å². The van der Waals surface area contributed by atoms with Crippen LogP contribution >= 0.6 is 0 Å². The highest BCUT2D eigenvalue weighted by Crippen LogP contribution is 2.44. The summed E-state index contributed by atoms with van der Waals surface area (Å²) < 4.78 is 28.1. The van der Waals surface area contributed by atoms with Crippen molar-refractivity contribution in [3.8, 4) is 5.75 Å². The lowest BCUT2D eigenvalue weighted by Crippen LogP contribution is -2.52. The molecule has 2 aromatic carbocycles. The van der Waals surface area contributed by atoms with Gasteiger partial charge in [0.25, 0.3) is 15.9 Å². The van der Waals surface area contributed by atoms with Crippen molar-refractivity contribution < 1.29 is 18.3 Å². The predicted octanol–water partition coefficient (Wildman–Crippen LogP) is 3.03. The van der Waals surface area contributed by atoms with E-state index in [1.165, 1.54) is 18.2 Å². The molecule has 1 aliphatic rings. The first-order chi connectivity index (χ1) is 15.9. The molecular weight excluding hydrogens is 452 g/mol. The second-order valence-electron chi connectivity index (χ2n) is 8.94. The van der Waals surface area contributed by atoms with E-state index in [9.17, 15) is 18.3 Å². The number of benzene rings is 2. The van der Waals surface area contributed by atoms with Crippen molar-refractivity contribution in [3.63, 3.8) is 0 Å². The number of aromatic hydroxyl groups is 1. The lowest BCUT2D eigenvalue weighted by atomic mass is 9.89. The number of anilines is 1. The van der Waals surface area contributed by atoms with Crippen molar-refractivity contribution in [1.29, 1.82) is 0 Å². The Morgan fingerprint density at radius 3 is 2.44 bits per heavy atom. The Kier molecular flexibility index (Phi) is 5.87. The van der Waals surface area contributed by atoms with E-state index >= 15 is 0 Å². The normalized spacial score (nSPS) is 18.0. The number of carbonyl (C=O) groups excluding carboxylic acids is 1. The molecule has 0 aliphatic carbocycles. The van der Waals surface area contributed by atoms with E-state index in [1.807, 2.05) is 25.7 Å². The van der Waals surface area contributed by atoms with Gasteiger partial charge in [-0.3, -0.25) is 9.69 Å². The summed E-state index contributed by atoms with van der Waals surface area (Å²) in [6.45, 7) is 8.42. The average molecular weight is 481 g/mol. The quantitative estimate of drug-likeness (QED) is 0.512. The molecule has 9 heteroatoms. The molecule has 0 radical (unpaired) electrons. The molecule has 3 aromatic rings. The summed E-state index contributed by atoms with van der Waals surface area (Å²) in [5.41, 5.74) is 9.79. The summed E-state index contributed by atoms with van der Waals surface area (Å²) in [6, 6.07) is 13.3. The summed E-state index contributed by atoms with van der Waals surface area (Å²) in [7, 11) is -4.27. The Morgan fingerprint density at radius 2 is 1.79 bits per heavy atom. The zero-order chi connectivity index (χ0) is 24.8. The van der Waals surface area contributed by atoms with Gasteiger partial charge in [0, 0.05) is 18.7 Å². The smallest absolute Gasteiger partial charge is 0.281 e. The summed E-state index contributed by atoms with van der Waals surface area (Å²) >= 11 is 0. The first kappa shape index (κ1) is 23.7. The molecule has 1 atom stereocenters. The Morgan fingerprint density at radius 1 is 1.15 bits per heavy atom. The zero-order valence-corrected chi connectivity index (χ0v) is 20.4. The van der Waals surface area contributed by atoms with Gasteiger partial charge in [0.15, 0.2) is 5.03 Å². The van der Waals surface area contributed by atoms with Crippen LogP contribution in [0.3, 0.4) is 0 Å². The molecule has 0 saturated carbocycles. The van der Waals surface area contributed by atoms with E-state index in [2.05, 4.69) is 21.8 Å². The molecule has 2 heterocycles. The third-order valence-electron chi connectivity index (χ3n) is 6.54. The molecule has 4 N–H and O–H groups in total. The maximum absolute atomic E-state index is 13.7. The lowest BCUT2D eigenvalue weighted by molar-refractivity contribution is -0.131. The number of aromatic nitrogens is 1. The molecule has 0 bridgehead atoms. The summed E-state index contributed by atoms with van der Waals surface area (Å²) in [4.78, 5) is 19.4. The first-order valence-corrected chi connectivity index (χ1v) is 12.3. The van der Waals surface area contributed by atoms with Gasteiger partial charge >= 0.3 is 0 Å². The van der Waals surface area contributed by atoms with Crippen LogP contribution in [-0.2, 0) is 33.4 Å². The topological polar surface area (TPSA) is 126 Å². The van der Waals surface area contributed by atoms with Crippen LogP contribution < -0.4 is 10.5 Å². The monoisotopic (exact) mass is 480 g/mol. The number of fused-ring (bicyclic) bond motifs is 1. The molecule has 8 nitrogen and oxygen atoms in total. The number of phenols is 1. The van der Waals surface area contributed by atoms with E-state index in [1.54, 1.807) is 25.1 Å². The second-order valence-corrected chi connectivity index (χ2v) is 10.6. The number of pyridine rings is 1. The van der Waals surface area contributed by atoms with Crippen molar-refractivity contribution in [2.45, 2.75) is 51.3 Å². The minimum absolute atomic E-state index is 0.0321. The van der Waals surface area contributed by atoms with Gasteiger partial charge in [-0.25, -0.2) is 9.71 Å². The molecule has 0 saturated heterocycles.